The minimum atomic E-state index is -1.53. The van der Waals surface area contributed by atoms with Gasteiger partial charge >= 0.3 is 0 Å². The number of nitrogens with zero attached hydrogens (tertiary/aromatic N) is 6. The van der Waals surface area contributed by atoms with E-state index in [0.29, 0.717) is 19.4 Å². The summed E-state index contributed by atoms with van der Waals surface area (Å²) in [7, 11) is 0. The quantitative estimate of drug-likeness (QED) is 0.532. The number of ether oxygens (including phenoxy) is 1. The highest BCUT2D eigenvalue weighted by atomic mass is 16.6. The minimum absolute atomic E-state index is 0.339. The first-order valence-electron chi connectivity index (χ1n) is 7.56. The Morgan fingerprint density at radius 1 is 1.39 bits per heavy atom. The summed E-state index contributed by atoms with van der Waals surface area (Å²) in [5.74, 6) is -1.91. The van der Waals surface area contributed by atoms with Gasteiger partial charge in [0.05, 0.1) is 24.8 Å². The van der Waals surface area contributed by atoms with Crippen LogP contribution in [0, 0.1) is 0 Å². The molecule has 2 fully saturated rings. The van der Waals surface area contributed by atoms with Gasteiger partial charge in [-0.2, -0.15) is 0 Å². The van der Waals surface area contributed by atoms with Gasteiger partial charge in [-0.15, -0.1) is 5.10 Å². The smallest absolute Gasteiger partial charge is 0.188 e. The Hall–Kier alpha value is -2.41. The van der Waals surface area contributed by atoms with Crippen LogP contribution in [-0.2, 0) is 4.74 Å². The molecule has 2 aliphatic rings. The van der Waals surface area contributed by atoms with Crippen LogP contribution in [0.1, 0.15) is 30.4 Å². The lowest BCUT2D eigenvalue weighted by atomic mass is 9.53. The molecule has 1 aromatic heterocycles. The normalized spacial score (nSPS) is 35.7. The molecule has 1 saturated carbocycles. The highest BCUT2D eigenvalue weighted by Gasteiger charge is 2.75. The van der Waals surface area contributed by atoms with E-state index in [0.717, 1.165) is 5.56 Å². The van der Waals surface area contributed by atoms with Crippen molar-refractivity contribution in [2.75, 3.05) is 6.61 Å². The van der Waals surface area contributed by atoms with Crippen LogP contribution in [0.3, 0.4) is 0 Å². The fourth-order valence-corrected chi connectivity index (χ4v) is 4.05. The number of aromatic nitrogens is 3. The molecule has 1 aliphatic carbocycles. The number of hydrogen-bond acceptors (Lipinski definition) is 5. The average molecular weight is 312 g/mol. The predicted molar refractivity (Wildman–Crippen MR) is 80.3 cm³/mol. The summed E-state index contributed by atoms with van der Waals surface area (Å²) >= 11 is 0. The lowest BCUT2D eigenvalue weighted by molar-refractivity contribution is -0.347. The summed E-state index contributed by atoms with van der Waals surface area (Å²) in [6.07, 6.45) is 4.56. The van der Waals surface area contributed by atoms with Gasteiger partial charge in [0.2, 0.25) is 0 Å². The van der Waals surface area contributed by atoms with Crippen molar-refractivity contribution in [3.63, 3.8) is 0 Å². The van der Waals surface area contributed by atoms with Crippen molar-refractivity contribution in [3.8, 4) is 0 Å². The largest absolute Gasteiger partial charge is 0.364 e. The molecule has 0 amide bonds. The van der Waals surface area contributed by atoms with Crippen LogP contribution >= 0.6 is 0 Å². The van der Waals surface area contributed by atoms with Crippen LogP contribution in [0.5, 0.6) is 0 Å². The summed E-state index contributed by atoms with van der Waals surface area (Å²) in [6, 6.07) is 9.27. The van der Waals surface area contributed by atoms with E-state index < -0.39 is 11.3 Å². The molecule has 2 aromatic rings. The fourth-order valence-electron chi connectivity index (χ4n) is 4.05. The topological polar surface area (TPSA) is 109 Å². The summed E-state index contributed by atoms with van der Waals surface area (Å²) in [4.78, 5) is 2.99. The SMILES string of the molecule is [N-]=[N+]=NC12CCCOC1(O)C(c1ccccc1)C2n1ccnn1. The van der Waals surface area contributed by atoms with Crippen LogP contribution in [0.15, 0.2) is 47.8 Å². The third-order valence-electron chi connectivity index (χ3n) is 4.98. The van der Waals surface area contributed by atoms with E-state index >= 15 is 0 Å². The standard InChI is InChI=1S/C15H16N6O2/c16-19-18-14-7-4-10-23-15(14,22)12(11-5-2-1-3-6-11)13(14)21-9-8-17-20-21/h1-3,5-6,8-9,12-13,22H,4,7,10H2. The zero-order chi connectivity index (χ0) is 15.9. The molecule has 0 spiro atoms. The van der Waals surface area contributed by atoms with E-state index in [2.05, 4.69) is 20.3 Å². The van der Waals surface area contributed by atoms with E-state index in [-0.39, 0.29) is 12.0 Å². The zero-order valence-electron chi connectivity index (χ0n) is 12.4. The molecule has 1 aromatic carbocycles. The van der Waals surface area contributed by atoms with Crippen molar-refractivity contribution < 1.29 is 9.84 Å². The van der Waals surface area contributed by atoms with Crippen molar-refractivity contribution in [1.29, 1.82) is 0 Å². The summed E-state index contributed by atoms with van der Waals surface area (Å²) in [5, 5.41) is 23.2. The Labute approximate surface area is 132 Å². The first-order chi connectivity index (χ1) is 11.2. The van der Waals surface area contributed by atoms with Crippen molar-refractivity contribution in [1.82, 2.24) is 15.0 Å². The molecule has 2 heterocycles. The molecule has 8 nitrogen and oxygen atoms in total. The van der Waals surface area contributed by atoms with E-state index in [9.17, 15) is 5.11 Å². The maximum absolute atomic E-state index is 11.2. The van der Waals surface area contributed by atoms with Gasteiger partial charge in [0.15, 0.2) is 5.79 Å². The second kappa shape index (κ2) is 5.06. The number of fused-ring (bicyclic) bond motifs is 1. The van der Waals surface area contributed by atoms with Gasteiger partial charge in [-0.05, 0) is 23.9 Å². The van der Waals surface area contributed by atoms with Crippen molar-refractivity contribution in [3.05, 3.63) is 58.7 Å². The van der Waals surface area contributed by atoms with Crippen LogP contribution in [0.2, 0.25) is 0 Å². The molecule has 118 valence electrons. The molecule has 1 saturated heterocycles. The molecule has 8 heteroatoms. The van der Waals surface area contributed by atoms with Gasteiger partial charge in [0.1, 0.15) is 5.54 Å². The number of hydrogen-bond donors (Lipinski definition) is 1. The second-order valence-corrected chi connectivity index (χ2v) is 5.98. The minimum Gasteiger partial charge on any atom is -0.364 e. The van der Waals surface area contributed by atoms with Crippen molar-refractivity contribution in [2.45, 2.75) is 36.1 Å². The van der Waals surface area contributed by atoms with Crippen LogP contribution in [0.25, 0.3) is 10.4 Å². The van der Waals surface area contributed by atoms with Gasteiger partial charge in [-0.1, -0.05) is 40.7 Å². The molecule has 1 N–H and O–H groups in total. The first kappa shape index (κ1) is 14.2. The molecule has 23 heavy (non-hydrogen) atoms. The molecular weight excluding hydrogens is 296 g/mol. The third kappa shape index (κ3) is 1.77. The molecule has 1 aliphatic heterocycles. The van der Waals surface area contributed by atoms with E-state index in [4.69, 9.17) is 10.3 Å². The maximum atomic E-state index is 11.2. The number of rotatable bonds is 3. The first-order valence-corrected chi connectivity index (χ1v) is 7.56. The zero-order valence-corrected chi connectivity index (χ0v) is 12.4. The van der Waals surface area contributed by atoms with Crippen LogP contribution < -0.4 is 0 Å². The Balaban J connectivity index is 1.89. The van der Waals surface area contributed by atoms with Gasteiger partial charge in [0, 0.05) is 11.1 Å². The van der Waals surface area contributed by atoms with E-state index in [1.165, 1.54) is 0 Å². The van der Waals surface area contributed by atoms with Crippen molar-refractivity contribution >= 4 is 0 Å². The van der Waals surface area contributed by atoms with Gasteiger partial charge in [0.25, 0.3) is 0 Å². The Kier molecular flexibility index (Phi) is 3.12. The van der Waals surface area contributed by atoms with Crippen LogP contribution in [-0.4, -0.2) is 38.0 Å². The summed E-state index contributed by atoms with van der Waals surface area (Å²) in [6.45, 7) is 0.437. The second-order valence-electron chi connectivity index (χ2n) is 5.98. The van der Waals surface area contributed by atoms with Gasteiger partial charge in [-0.3, -0.25) is 0 Å². The Morgan fingerprint density at radius 3 is 2.91 bits per heavy atom. The van der Waals surface area contributed by atoms with Crippen LogP contribution in [0.4, 0.5) is 0 Å². The lowest BCUT2D eigenvalue weighted by Gasteiger charge is -2.65. The number of azide groups is 1. The summed E-state index contributed by atoms with van der Waals surface area (Å²) < 4.78 is 7.41. The molecular formula is C15H16N6O2. The number of aliphatic hydroxyl groups is 1. The molecule has 0 radical (unpaired) electrons. The summed E-state index contributed by atoms with van der Waals surface area (Å²) in [5.41, 5.74) is 8.91. The van der Waals surface area contributed by atoms with E-state index in [1.807, 2.05) is 30.3 Å². The van der Waals surface area contributed by atoms with Gasteiger partial charge in [-0.25, -0.2) is 4.68 Å². The lowest BCUT2D eigenvalue weighted by Crippen LogP contribution is -2.75. The van der Waals surface area contributed by atoms with E-state index in [1.54, 1.807) is 17.1 Å². The van der Waals surface area contributed by atoms with Gasteiger partial charge < -0.3 is 9.84 Å². The third-order valence-corrected chi connectivity index (χ3v) is 4.98. The predicted octanol–water partition coefficient (Wildman–Crippen LogP) is 2.16. The molecule has 4 unspecified atom stereocenters. The highest BCUT2D eigenvalue weighted by Crippen LogP contribution is 2.65. The average Bonchev–Trinajstić information content (AvgIpc) is 3.08. The molecule has 0 bridgehead atoms. The highest BCUT2D eigenvalue weighted by molar-refractivity contribution is 5.37. The Morgan fingerprint density at radius 2 is 2.22 bits per heavy atom. The van der Waals surface area contributed by atoms with Crippen molar-refractivity contribution in [2.24, 2.45) is 5.11 Å². The number of benzene rings is 1. The Bertz CT molecular complexity index is 745. The fraction of sp³-hybridized carbons (Fsp3) is 0.467. The molecule has 4 rings (SSSR count). The molecule has 4 atom stereocenters. The monoisotopic (exact) mass is 312 g/mol. The maximum Gasteiger partial charge on any atom is 0.188 e.